The Kier molecular flexibility index (Phi) is 9.25. The van der Waals surface area contributed by atoms with Crippen LogP contribution in [0.25, 0.3) is 28.0 Å². The number of benzene rings is 1. The summed E-state index contributed by atoms with van der Waals surface area (Å²) in [7, 11) is 0. The zero-order valence-electron chi connectivity index (χ0n) is 23.7. The molecule has 5 rings (SSSR count). The van der Waals surface area contributed by atoms with E-state index in [-0.39, 0.29) is 24.4 Å². The van der Waals surface area contributed by atoms with Gasteiger partial charge in [0.2, 0.25) is 11.9 Å². The number of ether oxygens (including phenoxy) is 2. The maximum Gasteiger partial charge on any atom is 0.413 e. The fraction of sp³-hybridized carbons (Fsp3) is 0.367. The first-order valence-corrected chi connectivity index (χ1v) is 14.1. The molecule has 4 N–H and O–H groups in total. The summed E-state index contributed by atoms with van der Waals surface area (Å²) in [5.41, 5.74) is 10.8. The summed E-state index contributed by atoms with van der Waals surface area (Å²) in [6.07, 6.45) is 9.10. The predicted molar refractivity (Wildman–Crippen MR) is 160 cm³/mol. The Morgan fingerprint density at radius 2 is 2.00 bits per heavy atom. The number of allylic oxidation sites excluding steroid dienone is 4. The van der Waals surface area contributed by atoms with Crippen molar-refractivity contribution in [3.8, 4) is 11.4 Å². The number of aromatic nitrogens is 4. The second-order valence-corrected chi connectivity index (χ2v) is 10.2. The van der Waals surface area contributed by atoms with Crippen molar-refractivity contribution in [2.75, 3.05) is 57.9 Å². The largest absolute Gasteiger partial charge is 0.450 e. The van der Waals surface area contributed by atoms with Crippen LogP contribution in [0.3, 0.4) is 0 Å². The fourth-order valence-corrected chi connectivity index (χ4v) is 5.12. The molecule has 1 unspecified atom stereocenters. The third-order valence-corrected chi connectivity index (χ3v) is 7.29. The summed E-state index contributed by atoms with van der Waals surface area (Å²) in [4.78, 5) is 45.4. The molecule has 220 valence electrons. The average molecular weight is 573 g/mol. The Morgan fingerprint density at radius 1 is 1.21 bits per heavy atom. The number of nitrogens with two attached hydrogens (primary N) is 1. The van der Waals surface area contributed by atoms with Gasteiger partial charge in [-0.3, -0.25) is 15.0 Å². The van der Waals surface area contributed by atoms with E-state index in [1.165, 1.54) is 0 Å². The lowest BCUT2D eigenvalue weighted by Gasteiger charge is -2.35. The van der Waals surface area contributed by atoms with Gasteiger partial charge in [-0.05, 0) is 48.8 Å². The van der Waals surface area contributed by atoms with Gasteiger partial charge in [-0.15, -0.1) is 0 Å². The van der Waals surface area contributed by atoms with Crippen molar-refractivity contribution in [2.24, 2.45) is 11.7 Å². The zero-order valence-corrected chi connectivity index (χ0v) is 23.7. The van der Waals surface area contributed by atoms with Crippen molar-refractivity contribution in [2.45, 2.75) is 13.3 Å². The number of anilines is 1. The smallest absolute Gasteiger partial charge is 0.413 e. The van der Waals surface area contributed by atoms with Crippen LogP contribution in [0.1, 0.15) is 18.9 Å². The summed E-state index contributed by atoms with van der Waals surface area (Å²) >= 11 is 0. The van der Waals surface area contributed by atoms with Crippen molar-refractivity contribution >= 4 is 34.6 Å². The normalized spacial score (nSPS) is 18.3. The van der Waals surface area contributed by atoms with Crippen LogP contribution in [0, 0.1) is 5.92 Å². The van der Waals surface area contributed by atoms with Gasteiger partial charge in [0.15, 0.2) is 5.82 Å². The highest BCUT2D eigenvalue weighted by Crippen LogP contribution is 2.31. The number of hydrogen-bond donors (Lipinski definition) is 3. The Hall–Kier alpha value is -4.55. The topological polar surface area (TPSA) is 152 Å². The molecule has 1 aromatic carbocycles. The minimum absolute atomic E-state index is 0.000608. The minimum atomic E-state index is -0.599. The second kappa shape index (κ2) is 13.4. The lowest BCUT2D eigenvalue weighted by Crippen LogP contribution is -2.51. The minimum Gasteiger partial charge on any atom is -0.450 e. The van der Waals surface area contributed by atoms with Gasteiger partial charge < -0.3 is 25.1 Å². The molecule has 0 radical (unpaired) electrons. The van der Waals surface area contributed by atoms with Crippen molar-refractivity contribution in [1.82, 2.24) is 29.7 Å². The number of nitrogens with one attached hydrogen (secondary N) is 2. The number of imidazole rings is 1. The van der Waals surface area contributed by atoms with Crippen molar-refractivity contribution in [1.29, 1.82) is 0 Å². The number of carbonyl (C=O) groups is 2. The lowest BCUT2D eigenvalue weighted by atomic mass is 10.0. The summed E-state index contributed by atoms with van der Waals surface area (Å²) in [5.74, 6) is 0.950. The fourth-order valence-electron chi connectivity index (χ4n) is 5.12. The van der Waals surface area contributed by atoms with Crippen molar-refractivity contribution < 1.29 is 19.1 Å². The molecule has 0 saturated carbocycles. The molecule has 2 aliphatic heterocycles. The monoisotopic (exact) mass is 572 g/mol. The highest BCUT2D eigenvalue weighted by atomic mass is 16.5. The number of piperazine rings is 1. The van der Waals surface area contributed by atoms with Crippen LogP contribution in [-0.2, 0) is 14.3 Å². The Bertz CT molecular complexity index is 1490. The number of hydrogen-bond acceptors (Lipinski definition) is 9. The molecule has 2 amide bonds. The van der Waals surface area contributed by atoms with E-state index in [0.717, 1.165) is 30.6 Å². The molecule has 0 spiro atoms. The highest BCUT2D eigenvalue weighted by molar-refractivity contribution is 5.96. The average Bonchev–Trinajstić information content (AvgIpc) is 3.68. The SMILES string of the molecule is C=C/C(=C\C=C(/N)CN1CCN(C(=O)C2CCOC2)CC1)c1cc(-c2ncccn2)c2nc(NC(=O)OCC)[nH]c2c1. The molecular weight excluding hydrogens is 536 g/mol. The molecule has 0 aliphatic carbocycles. The first-order valence-electron chi connectivity index (χ1n) is 14.1. The lowest BCUT2D eigenvalue weighted by molar-refractivity contribution is -0.137. The maximum absolute atomic E-state index is 12.7. The Balaban J connectivity index is 1.33. The molecule has 1 atom stereocenters. The van der Waals surface area contributed by atoms with Gasteiger partial charge in [-0.25, -0.2) is 19.7 Å². The summed E-state index contributed by atoms with van der Waals surface area (Å²) in [6.45, 7) is 10.7. The van der Waals surface area contributed by atoms with Crippen LogP contribution in [0.4, 0.5) is 10.7 Å². The third-order valence-electron chi connectivity index (χ3n) is 7.29. The van der Waals surface area contributed by atoms with Gasteiger partial charge >= 0.3 is 6.09 Å². The van der Waals surface area contributed by atoms with Crippen LogP contribution < -0.4 is 11.1 Å². The quantitative estimate of drug-likeness (QED) is 0.328. The molecule has 42 heavy (non-hydrogen) atoms. The third kappa shape index (κ3) is 6.84. The van der Waals surface area contributed by atoms with Crippen LogP contribution in [-0.4, -0.2) is 94.3 Å². The van der Waals surface area contributed by atoms with Gasteiger partial charge in [-0.2, -0.15) is 0 Å². The van der Waals surface area contributed by atoms with Gasteiger partial charge in [0.05, 0.1) is 24.6 Å². The van der Waals surface area contributed by atoms with Gasteiger partial charge in [0, 0.05) is 63.0 Å². The van der Waals surface area contributed by atoms with Crippen molar-refractivity contribution in [3.63, 3.8) is 0 Å². The van der Waals surface area contributed by atoms with E-state index >= 15 is 0 Å². The van der Waals surface area contributed by atoms with Crippen LogP contribution >= 0.6 is 0 Å². The number of amides is 2. The van der Waals surface area contributed by atoms with E-state index in [4.69, 9.17) is 15.2 Å². The first kappa shape index (κ1) is 29.0. The number of fused-ring (bicyclic) bond motifs is 1. The van der Waals surface area contributed by atoms with Gasteiger partial charge in [0.25, 0.3) is 0 Å². The van der Waals surface area contributed by atoms with E-state index < -0.39 is 6.09 Å². The van der Waals surface area contributed by atoms with E-state index in [0.29, 0.717) is 61.0 Å². The Morgan fingerprint density at radius 3 is 2.69 bits per heavy atom. The van der Waals surface area contributed by atoms with E-state index in [9.17, 15) is 9.59 Å². The molecule has 2 fully saturated rings. The maximum atomic E-state index is 12.7. The summed E-state index contributed by atoms with van der Waals surface area (Å²) < 4.78 is 10.4. The first-order chi connectivity index (χ1) is 20.4. The molecule has 3 aromatic rings. The van der Waals surface area contributed by atoms with Crippen LogP contribution in [0.2, 0.25) is 0 Å². The molecule has 2 saturated heterocycles. The molecule has 12 nitrogen and oxygen atoms in total. The molecule has 2 aliphatic rings. The van der Waals surface area contributed by atoms with Crippen molar-refractivity contribution in [3.05, 3.63) is 66.7 Å². The van der Waals surface area contributed by atoms with Crippen LogP contribution in [0.5, 0.6) is 0 Å². The number of carbonyl (C=O) groups excluding carboxylic acids is 2. The van der Waals surface area contributed by atoms with Crippen LogP contribution in [0.15, 0.2) is 61.1 Å². The van der Waals surface area contributed by atoms with Gasteiger partial charge in [0.1, 0.15) is 5.52 Å². The number of rotatable bonds is 9. The van der Waals surface area contributed by atoms with E-state index in [1.807, 2.05) is 29.2 Å². The van der Waals surface area contributed by atoms with E-state index in [2.05, 4.69) is 36.7 Å². The number of nitrogens with zero attached hydrogens (tertiary/aromatic N) is 5. The number of H-pyrrole nitrogens is 1. The molecule has 0 bridgehead atoms. The highest BCUT2D eigenvalue weighted by Gasteiger charge is 2.30. The van der Waals surface area contributed by atoms with E-state index in [1.54, 1.807) is 31.5 Å². The second-order valence-electron chi connectivity index (χ2n) is 10.2. The summed E-state index contributed by atoms with van der Waals surface area (Å²) in [5, 5.41) is 2.61. The predicted octanol–water partition coefficient (Wildman–Crippen LogP) is 3.18. The van der Waals surface area contributed by atoms with Gasteiger partial charge in [-0.1, -0.05) is 18.7 Å². The zero-order chi connectivity index (χ0) is 29.5. The molecule has 4 heterocycles. The standard InChI is InChI=1S/C30H36N8O4/c1-3-20(6-7-23(31)18-37-11-13-38(14-12-37)28(39)21-8-15-41-19-21)22-16-24(27-32-9-5-10-33-27)26-25(17-22)34-29(35-26)36-30(40)42-4-2/h3,5-7,9-10,16-17,21H,1,4,8,11-15,18-19,31H2,2H3,(H2,34,35,36,40)/b20-6+,23-7-. The molecule has 2 aromatic heterocycles. The molecule has 12 heteroatoms. The molecular formula is C30H36N8O4. The summed E-state index contributed by atoms with van der Waals surface area (Å²) in [6, 6.07) is 5.61. The number of aromatic amines is 1. The Labute approximate surface area is 244 Å².